The van der Waals surface area contributed by atoms with Gasteiger partial charge in [0.05, 0.1) is 0 Å². The van der Waals surface area contributed by atoms with E-state index in [1.165, 1.54) is 5.56 Å². The number of hydrogen-bond donors (Lipinski definition) is 2. The average molecular weight is 240 g/mol. The molecule has 2 aromatic rings. The predicted molar refractivity (Wildman–Crippen MR) is 72.4 cm³/mol. The third-order valence-corrected chi connectivity index (χ3v) is 3.22. The lowest BCUT2D eigenvalue weighted by molar-refractivity contribution is 1.02. The Labute approximate surface area is 106 Å². The van der Waals surface area contributed by atoms with Crippen molar-refractivity contribution in [3.63, 3.8) is 0 Å². The molecule has 4 nitrogen and oxygen atoms in total. The molecule has 0 spiro atoms. The van der Waals surface area contributed by atoms with Crippen LogP contribution in [0.4, 0.5) is 11.8 Å². The quantitative estimate of drug-likeness (QED) is 0.864. The number of aromatic nitrogens is 2. The van der Waals surface area contributed by atoms with Crippen LogP contribution < -0.4 is 11.1 Å². The summed E-state index contributed by atoms with van der Waals surface area (Å²) in [6.07, 6.45) is 1.15. The van der Waals surface area contributed by atoms with Gasteiger partial charge >= 0.3 is 0 Å². The van der Waals surface area contributed by atoms with Crippen LogP contribution in [0.1, 0.15) is 23.6 Å². The standard InChI is InChI=1S/C14H16N4/c1-9-7-13(18-14(15)16-9)17-12-8-11(12)10-5-3-2-4-6-10/h2-7,11-12H,8H2,1H3,(H3,15,16,17,18). The van der Waals surface area contributed by atoms with Crippen LogP contribution in [0.3, 0.4) is 0 Å². The lowest BCUT2D eigenvalue weighted by atomic mass is 10.1. The number of hydrogen-bond acceptors (Lipinski definition) is 4. The summed E-state index contributed by atoms with van der Waals surface area (Å²) in [4.78, 5) is 8.26. The zero-order chi connectivity index (χ0) is 12.5. The second-order valence-corrected chi connectivity index (χ2v) is 4.76. The van der Waals surface area contributed by atoms with Gasteiger partial charge in [-0.05, 0) is 18.9 Å². The first kappa shape index (κ1) is 11.0. The first-order valence-electron chi connectivity index (χ1n) is 6.15. The van der Waals surface area contributed by atoms with E-state index in [-0.39, 0.29) is 0 Å². The highest BCUT2D eigenvalue weighted by molar-refractivity contribution is 5.45. The molecule has 1 aromatic heterocycles. The minimum atomic E-state index is 0.328. The van der Waals surface area contributed by atoms with E-state index < -0.39 is 0 Å². The van der Waals surface area contributed by atoms with Crippen LogP contribution in [0.2, 0.25) is 0 Å². The molecule has 0 bridgehead atoms. The van der Waals surface area contributed by atoms with Gasteiger partial charge in [0.1, 0.15) is 5.82 Å². The molecule has 0 radical (unpaired) electrons. The Kier molecular flexibility index (Phi) is 2.63. The SMILES string of the molecule is Cc1cc(NC2CC2c2ccccc2)nc(N)n1. The highest BCUT2D eigenvalue weighted by atomic mass is 15.1. The number of nitrogens with one attached hydrogen (secondary N) is 1. The minimum Gasteiger partial charge on any atom is -0.368 e. The fourth-order valence-electron chi connectivity index (χ4n) is 2.28. The Hall–Kier alpha value is -2.10. The summed E-state index contributed by atoms with van der Waals surface area (Å²) in [5, 5.41) is 3.41. The van der Waals surface area contributed by atoms with Crippen LogP contribution in [0.15, 0.2) is 36.4 Å². The monoisotopic (exact) mass is 240 g/mol. The molecule has 1 aliphatic carbocycles. The summed E-state index contributed by atoms with van der Waals surface area (Å²) < 4.78 is 0. The molecule has 1 fully saturated rings. The molecule has 3 N–H and O–H groups in total. The van der Waals surface area contributed by atoms with Crippen molar-refractivity contribution in [1.29, 1.82) is 0 Å². The number of benzene rings is 1. The summed E-state index contributed by atoms with van der Waals surface area (Å²) in [7, 11) is 0. The fourth-order valence-corrected chi connectivity index (χ4v) is 2.28. The second kappa shape index (κ2) is 4.29. The number of nitrogens with zero attached hydrogens (tertiary/aromatic N) is 2. The molecule has 0 aliphatic heterocycles. The maximum absolute atomic E-state index is 5.64. The van der Waals surface area contributed by atoms with Gasteiger partial charge in [0.25, 0.3) is 0 Å². The van der Waals surface area contributed by atoms with Gasteiger partial charge in [0.15, 0.2) is 0 Å². The second-order valence-electron chi connectivity index (χ2n) is 4.76. The predicted octanol–water partition coefficient (Wildman–Crippen LogP) is 2.34. The molecule has 4 heteroatoms. The maximum atomic E-state index is 5.64. The van der Waals surface area contributed by atoms with Gasteiger partial charge in [-0.1, -0.05) is 30.3 Å². The number of rotatable bonds is 3. The summed E-state index contributed by atoms with van der Waals surface area (Å²) in [6.45, 7) is 1.92. The van der Waals surface area contributed by atoms with E-state index in [1.54, 1.807) is 0 Å². The van der Waals surface area contributed by atoms with E-state index in [0.29, 0.717) is 17.9 Å². The third-order valence-electron chi connectivity index (χ3n) is 3.22. The van der Waals surface area contributed by atoms with Crippen molar-refractivity contribution in [2.45, 2.75) is 25.3 Å². The molecule has 1 aliphatic rings. The maximum Gasteiger partial charge on any atom is 0.222 e. The van der Waals surface area contributed by atoms with E-state index in [4.69, 9.17) is 5.73 Å². The van der Waals surface area contributed by atoms with Crippen LogP contribution in [-0.4, -0.2) is 16.0 Å². The van der Waals surface area contributed by atoms with Gasteiger partial charge in [0.2, 0.25) is 5.95 Å². The van der Waals surface area contributed by atoms with E-state index in [0.717, 1.165) is 17.9 Å². The zero-order valence-corrected chi connectivity index (χ0v) is 10.3. The van der Waals surface area contributed by atoms with E-state index in [9.17, 15) is 0 Å². The average Bonchev–Trinajstić information content (AvgIpc) is 3.08. The topological polar surface area (TPSA) is 63.8 Å². The van der Waals surface area contributed by atoms with Crippen molar-refractivity contribution >= 4 is 11.8 Å². The zero-order valence-electron chi connectivity index (χ0n) is 10.3. The van der Waals surface area contributed by atoms with Crippen LogP contribution in [0, 0.1) is 6.92 Å². The van der Waals surface area contributed by atoms with Gasteiger partial charge in [-0.25, -0.2) is 4.98 Å². The molecule has 1 saturated carbocycles. The van der Waals surface area contributed by atoms with Gasteiger partial charge < -0.3 is 11.1 Å². The molecule has 0 saturated heterocycles. The van der Waals surface area contributed by atoms with E-state index >= 15 is 0 Å². The lowest BCUT2D eigenvalue weighted by Gasteiger charge is -2.06. The van der Waals surface area contributed by atoms with Crippen molar-refractivity contribution in [2.75, 3.05) is 11.1 Å². The van der Waals surface area contributed by atoms with E-state index in [1.807, 2.05) is 19.1 Å². The summed E-state index contributed by atoms with van der Waals surface area (Å²) in [5.41, 5.74) is 7.91. The van der Waals surface area contributed by atoms with E-state index in [2.05, 4.69) is 39.6 Å². The summed E-state index contributed by atoms with van der Waals surface area (Å²) in [5.74, 6) is 1.74. The number of anilines is 2. The van der Waals surface area contributed by atoms with Crippen molar-refractivity contribution in [3.8, 4) is 0 Å². The highest BCUT2D eigenvalue weighted by Crippen LogP contribution is 2.42. The molecule has 0 amide bonds. The summed E-state index contributed by atoms with van der Waals surface area (Å²) in [6, 6.07) is 12.9. The molecule has 1 aromatic carbocycles. The van der Waals surface area contributed by atoms with Crippen LogP contribution in [0.25, 0.3) is 0 Å². The smallest absolute Gasteiger partial charge is 0.222 e. The molecular formula is C14H16N4. The Morgan fingerprint density at radius 3 is 2.72 bits per heavy atom. The number of nitrogen functional groups attached to an aromatic ring is 1. The summed E-state index contributed by atoms with van der Waals surface area (Å²) >= 11 is 0. The Balaban J connectivity index is 1.69. The van der Waals surface area contributed by atoms with Gasteiger partial charge in [0, 0.05) is 23.7 Å². The Morgan fingerprint density at radius 2 is 2.00 bits per heavy atom. The number of aryl methyl sites for hydroxylation is 1. The molecule has 18 heavy (non-hydrogen) atoms. The molecule has 1 heterocycles. The van der Waals surface area contributed by atoms with Gasteiger partial charge in [-0.15, -0.1) is 0 Å². The Morgan fingerprint density at radius 1 is 1.22 bits per heavy atom. The molecule has 3 rings (SSSR count). The first-order valence-corrected chi connectivity index (χ1v) is 6.15. The van der Waals surface area contributed by atoms with Crippen LogP contribution in [-0.2, 0) is 0 Å². The normalized spacial score (nSPS) is 21.6. The number of nitrogens with two attached hydrogens (primary N) is 1. The highest BCUT2D eigenvalue weighted by Gasteiger charge is 2.38. The fraction of sp³-hybridized carbons (Fsp3) is 0.286. The van der Waals surface area contributed by atoms with Gasteiger partial charge in [-0.2, -0.15) is 4.98 Å². The van der Waals surface area contributed by atoms with Crippen LogP contribution >= 0.6 is 0 Å². The van der Waals surface area contributed by atoms with Crippen molar-refractivity contribution in [1.82, 2.24) is 9.97 Å². The minimum absolute atomic E-state index is 0.328. The third kappa shape index (κ3) is 2.27. The molecule has 92 valence electrons. The first-order chi connectivity index (χ1) is 8.72. The lowest BCUT2D eigenvalue weighted by Crippen LogP contribution is -2.08. The Bertz CT molecular complexity index is 533. The van der Waals surface area contributed by atoms with Crippen molar-refractivity contribution in [2.24, 2.45) is 0 Å². The largest absolute Gasteiger partial charge is 0.368 e. The van der Waals surface area contributed by atoms with Gasteiger partial charge in [-0.3, -0.25) is 0 Å². The van der Waals surface area contributed by atoms with Crippen molar-refractivity contribution < 1.29 is 0 Å². The van der Waals surface area contributed by atoms with Crippen molar-refractivity contribution in [3.05, 3.63) is 47.7 Å². The molecular weight excluding hydrogens is 224 g/mol. The molecule has 2 unspecified atom stereocenters. The van der Waals surface area contributed by atoms with Crippen LogP contribution in [0.5, 0.6) is 0 Å². The molecule has 2 atom stereocenters.